The number of benzene rings is 1. The van der Waals surface area contributed by atoms with E-state index in [-0.39, 0.29) is 5.52 Å². The van der Waals surface area contributed by atoms with Gasteiger partial charge in [0.2, 0.25) is 0 Å². The van der Waals surface area contributed by atoms with E-state index in [9.17, 15) is 8.78 Å². The van der Waals surface area contributed by atoms with Crippen molar-refractivity contribution in [2.24, 2.45) is 0 Å². The van der Waals surface area contributed by atoms with Crippen molar-refractivity contribution >= 4 is 10.9 Å². The number of aromatic nitrogens is 2. The molecule has 0 bridgehead atoms. The van der Waals surface area contributed by atoms with Gasteiger partial charge in [-0.3, -0.25) is 5.10 Å². The van der Waals surface area contributed by atoms with Gasteiger partial charge in [0.15, 0.2) is 17.4 Å². The Balaban J connectivity index is 2.87. The highest BCUT2D eigenvalue weighted by molar-refractivity contribution is 5.83. The van der Waals surface area contributed by atoms with Gasteiger partial charge in [0, 0.05) is 11.1 Å². The van der Waals surface area contributed by atoms with Crippen LogP contribution in [0.2, 0.25) is 0 Å². The maximum absolute atomic E-state index is 13.5. The fourth-order valence-electron chi connectivity index (χ4n) is 1.37. The molecule has 0 radical (unpaired) electrons. The molecule has 0 spiro atoms. The number of methoxy groups -OCH3 is 1. The molecule has 2 rings (SSSR count). The number of halogens is 2. The second-order valence-electron chi connectivity index (χ2n) is 2.95. The Kier molecular flexibility index (Phi) is 1.87. The standard InChI is InChI=1S/C9H8F2N2O/c1-4-5-3-6(10)9(14-2)7(11)8(5)13-12-4/h3H,1-2H3,(H,12,13). The number of hydrogen-bond acceptors (Lipinski definition) is 2. The second kappa shape index (κ2) is 2.94. The summed E-state index contributed by atoms with van der Waals surface area (Å²) < 4.78 is 31.3. The molecule has 0 aliphatic carbocycles. The first kappa shape index (κ1) is 8.93. The molecule has 0 fully saturated rings. The Bertz CT molecular complexity index is 493. The fraction of sp³-hybridized carbons (Fsp3) is 0.222. The van der Waals surface area contributed by atoms with E-state index in [2.05, 4.69) is 14.9 Å². The van der Waals surface area contributed by atoms with Crippen LogP contribution in [0.3, 0.4) is 0 Å². The van der Waals surface area contributed by atoms with E-state index in [1.54, 1.807) is 6.92 Å². The summed E-state index contributed by atoms with van der Waals surface area (Å²) in [4.78, 5) is 0. The van der Waals surface area contributed by atoms with Crippen LogP contribution in [0.1, 0.15) is 5.69 Å². The van der Waals surface area contributed by atoms with Crippen LogP contribution < -0.4 is 4.74 Å². The summed E-state index contributed by atoms with van der Waals surface area (Å²) >= 11 is 0. The summed E-state index contributed by atoms with van der Waals surface area (Å²) in [6.45, 7) is 1.70. The normalized spacial score (nSPS) is 10.9. The van der Waals surface area contributed by atoms with E-state index in [0.717, 1.165) is 0 Å². The molecule has 1 heterocycles. The quantitative estimate of drug-likeness (QED) is 0.762. The zero-order valence-corrected chi connectivity index (χ0v) is 7.69. The van der Waals surface area contributed by atoms with Crippen molar-refractivity contribution in [3.63, 3.8) is 0 Å². The average Bonchev–Trinajstić information content (AvgIpc) is 2.49. The Morgan fingerprint density at radius 1 is 1.43 bits per heavy atom. The molecule has 2 aromatic rings. The summed E-state index contributed by atoms with van der Waals surface area (Å²) in [5.41, 5.74) is 0.723. The summed E-state index contributed by atoms with van der Waals surface area (Å²) in [5.74, 6) is -1.89. The minimum Gasteiger partial charge on any atom is -0.491 e. The number of rotatable bonds is 1. The Hall–Kier alpha value is -1.65. The molecule has 0 aliphatic rings. The number of aryl methyl sites for hydroxylation is 1. The third-order valence-corrected chi connectivity index (χ3v) is 2.09. The molecule has 0 saturated carbocycles. The van der Waals surface area contributed by atoms with E-state index >= 15 is 0 Å². The van der Waals surface area contributed by atoms with Crippen LogP contribution in [0.4, 0.5) is 8.78 Å². The zero-order chi connectivity index (χ0) is 10.3. The number of nitrogens with one attached hydrogen (secondary N) is 1. The number of ether oxygens (including phenoxy) is 1. The smallest absolute Gasteiger partial charge is 0.196 e. The molecule has 74 valence electrons. The van der Waals surface area contributed by atoms with Gasteiger partial charge in [0.25, 0.3) is 0 Å². The lowest BCUT2D eigenvalue weighted by atomic mass is 10.2. The number of nitrogens with zero attached hydrogens (tertiary/aromatic N) is 1. The lowest BCUT2D eigenvalue weighted by molar-refractivity contribution is 0.362. The molecule has 0 unspecified atom stereocenters. The van der Waals surface area contributed by atoms with Crippen molar-refractivity contribution in [1.29, 1.82) is 0 Å². The first-order chi connectivity index (χ1) is 6.65. The summed E-state index contributed by atoms with van der Waals surface area (Å²) in [6, 6.07) is 1.20. The Morgan fingerprint density at radius 3 is 2.79 bits per heavy atom. The Morgan fingerprint density at radius 2 is 2.14 bits per heavy atom. The van der Waals surface area contributed by atoms with E-state index in [1.165, 1.54) is 13.2 Å². The largest absolute Gasteiger partial charge is 0.491 e. The minimum absolute atomic E-state index is 0.0979. The van der Waals surface area contributed by atoms with Gasteiger partial charge >= 0.3 is 0 Å². The number of aromatic amines is 1. The van der Waals surface area contributed by atoms with Gasteiger partial charge < -0.3 is 4.74 Å². The fourth-order valence-corrected chi connectivity index (χ4v) is 1.37. The lowest BCUT2D eigenvalue weighted by Gasteiger charge is -2.03. The average molecular weight is 198 g/mol. The van der Waals surface area contributed by atoms with Gasteiger partial charge in [-0.25, -0.2) is 8.78 Å². The molecule has 0 amide bonds. The van der Waals surface area contributed by atoms with Gasteiger partial charge in [-0.2, -0.15) is 5.10 Å². The van der Waals surface area contributed by atoms with Crippen molar-refractivity contribution in [2.45, 2.75) is 6.92 Å². The van der Waals surface area contributed by atoms with Gasteiger partial charge in [-0.15, -0.1) is 0 Å². The van der Waals surface area contributed by atoms with Crippen molar-refractivity contribution in [3.05, 3.63) is 23.4 Å². The van der Waals surface area contributed by atoms with Crippen LogP contribution in [-0.2, 0) is 0 Å². The van der Waals surface area contributed by atoms with Crippen molar-refractivity contribution in [2.75, 3.05) is 7.11 Å². The summed E-state index contributed by atoms with van der Waals surface area (Å²) in [5, 5.41) is 6.74. The number of H-pyrrole nitrogens is 1. The molecule has 14 heavy (non-hydrogen) atoms. The lowest BCUT2D eigenvalue weighted by Crippen LogP contribution is -1.93. The molecule has 1 aromatic heterocycles. The van der Waals surface area contributed by atoms with Crippen LogP contribution in [0.15, 0.2) is 6.07 Å². The van der Waals surface area contributed by atoms with Crippen molar-refractivity contribution in [1.82, 2.24) is 10.2 Å². The maximum atomic E-state index is 13.5. The van der Waals surface area contributed by atoms with E-state index in [1.807, 2.05) is 0 Å². The van der Waals surface area contributed by atoms with Gasteiger partial charge in [-0.1, -0.05) is 0 Å². The molecular weight excluding hydrogens is 190 g/mol. The van der Waals surface area contributed by atoms with E-state index < -0.39 is 17.4 Å². The first-order valence-electron chi connectivity index (χ1n) is 4.01. The van der Waals surface area contributed by atoms with Crippen LogP contribution in [0.5, 0.6) is 5.75 Å². The van der Waals surface area contributed by atoms with E-state index in [0.29, 0.717) is 11.1 Å². The van der Waals surface area contributed by atoms with Crippen molar-refractivity contribution < 1.29 is 13.5 Å². The maximum Gasteiger partial charge on any atom is 0.196 e. The predicted molar refractivity (Wildman–Crippen MR) is 47.3 cm³/mol. The molecule has 5 heteroatoms. The Labute approximate surface area is 78.7 Å². The molecule has 0 saturated heterocycles. The topological polar surface area (TPSA) is 37.9 Å². The number of fused-ring (bicyclic) bond motifs is 1. The van der Waals surface area contributed by atoms with Crippen molar-refractivity contribution in [3.8, 4) is 5.75 Å². The highest BCUT2D eigenvalue weighted by Gasteiger charge is 2.17. The summed E-state index contributed by atoms with van der Waals surface area (Å²) in [7, 11) is 1.22. The monoisotopic (exact) mass is 198 g/mol. The van der Waals surface area contributed by atoms with Crippen LogP contribution >= 0.6 is 0 Å². The minimum atomic E-state index is -0.771. The molecule has 1 aromatic carbocycles. The molecule has 1 N–H and O–H groups in total. The van der Waals surface area contributed by atoms with Gasteiger partial charge in [0.05, 0.1) is 7.11 Å². The SMILES string of the molecule is COc1c(F)cc2c(C)[nH]nc2c1F. The third-order valence-electron chi connectivity index (χ3n) is 2.09. The van der Waals surface area contributed by atoms with Crippen LogP contribution in [0.25, 0.3) is 10.9 Å². The van der Waals surface area contributed by atoms with Gasteiger partial charge in [-0.05, 0) is 13.0 Å². The first-order valence-corrected chi connectivity index (χ1v) is 4.01. The summed E-state index contributed by atoms with van der Waals surface area (Å²) in [6.07, 6.45) is 0. The molecule has 0 atom stereocenters. The molecule has 3 nitrogen and oxygen atoms in total. The predicted octanol–water partition coefficient (Wildman–Crippen LogP) is 2.16. The van der Waals surface area contributed by atoms with Gasteiger partial charge in [0.1, 0.15) is 5.52 Å². The number of hydrogen-bond donors (Lipinski definition) is 1. The highest BCUT2D eigenvalue weighted by Crippen LogP contribution is 2.29. The molecule has 0 aliphatic heterocycles. The molecular formula is C9H8F2N2O. The van der Waals surface area contributed by atoms with Crippen LogP contribution in [-0.4, -0.2) is 17.3 Å². The highest BCUT2D eigenvalue weighted by atomic mass is 19.1. The third kappa shape index (κ3) is 1.05. The zero-order valence-electron chi connectivity index (χ0n) is 7.69. The van der Waals surface area contributed by atoms with E-state index in [4.69, 9.17) is 0 Å². The van der Waals surface area contributed by atoms with Crippen LogP contribution in [0, 0.1) is 18.6 Å². The second-order valence-corrected chi connectivity index (χ2v) is 2.95.